The van der Waals surface area contributed by atoms with Crippen LogP contribution in [-0.2, 0) is 0 Å². The Kier molecular flexibility index (Phi) is 3.62. The van der Waals surface area contributed by atoms with E-state index in [0.29, 0.717) is 6.54 Å². The Morgan fingerprint density at radius 3 is 2.05 bits per heavy atom. The number of para-hydroxylation sites is 2. The zero-order valence-corrected chi connectivity index (χ0v) is 12.3. The van der Waals surface area contributed by atoms with Gasteiger partial charge in [0.2, 0.25) is 0 Å². The maximum absolute atomic E-state index is 12.5. The average molecular weight is 281 g/mol. The molecule has 21 heavy (non-hydrogen) atoms. The highest BCUT2D eigenvalue weighted by atomic mass is 16.2. The second kappa shape index (κ2) is 5.58. The lowest BCUT2D eigenvalue weighted by Crippen LogP contribution is -2.34. The fraction of sp³-hybridized carbons (Fsp3) is 0.235. The van der Waals surface area contributed by atoms with Gasteiger partial charge in [-0.25, -0.2) is 4.79 Å². The van der Waals surface area contributed by atoms with E-state index in [9.17, 15) is 4.79 Å². The molecule has 4 heteroatoms. The Bertz CT molecular complexity index is 736. The van der Waals surface area contributed by atoms with Crippen molar-refractivity contribution in [3.63, 3.8) is 0 Å². The van der Waals surface area contributed by atoms with E-state index in [1.165, 1.54) is 0 Å². The van der Waals surface area contributed by atoms with E-state index in [-0.39, 0.29) is 6.03 Å². The monoisotopic (exact) mass is 281 g/mol. The summed E-state index contributed by atoms with van der Waals surface area (Å²) in [6.45, 7) is 1.45. The van der Waals surface area contributed by atoms with Gasteiger partial charge in [0.15, 0.2) is 0 Å². The number of amides is 1. The van der Waals surface area contributed by atoms with Crippen LogP contribution in [0.5, 0.6) is 0 Å². The van der Waals surface area contributed by atoms with Gasteiger partial charge in [-0.1, -0.05) is 36.4 Å². The highest BCUT2D eigenvalue weighted by molar-refractivity contribution is 6.13. The summed E-state index contributed by atoms with van der Waals surface area (Å²) in [4.78, 5) is 14.6. The van der Waals surface area contributed by atoms with Crippen LogP contribution in [0.15, 0.2) is 48.5 Å². The third-order valence-corrected chi connectivity index (χ3v) is 3.62. The van der Waals surface area contributed by atoms with Gasteiger partial charge >= 0.3 is 6.03 Å². The fourth-order valence-electron chi connectivity index (χ4n) is 2.61. The number of benzene rings is 2. The van der Waals surface area contributed by atoms with Crippen LogP contribution in [0.2, 0.25) is 0 Å². The third-order valence-electron chi connectivity index (χ3n) is 3.62. The molecule has 2 aromatic carbocycles. The second-order valence-electron chi connectivity index (χ2n) is 5.40. The van der Waals surface area contributed by atoms with E-state index in [2.05, 4.69) is 17.4 Å². The van der Waals surface area contributed by atoms with Gasteiger partial charge in [-0.3, -0.25) is 4.57 Å². The minimum absolute atomic E-state index is 0.0748. The minimum atomic E-state index is -0.0748. The molecule has 4 nitrogen and oxygen atoms in total. The van der Waals surface area contributed by atoms with Gasteiger partial charge in [0.25, 0.3) is 0 Å². The second-order valence-corrected chi connectivity index (χ2v) is 5.40. The number of carbonyl (C=O) groups excluding carboxylic acids is 1. The van der Waals surface area contributed by atoms with Gasteiger partial charge in [-0.05, 0) is 26.2 Å². The molecule has 1 heterocycles. The SMILES string of the molecule is CN(C)CCNC(=O)n1c2ccccc2c2ccccc21. The van der Waals surface area contributed by atoms with Crippen molar-refractivity contribution in [1.29, 1.82) is 0 Å². The van der Waals surface area contributed by atoms with Crippen LogP contribution < -0.4 is 5.32 Å². The molecule has 0 atom stereocenters. The molecule has 1 aromatic heterocycles. The minimum Gasteiger partial charge on any atom is -0.336 e. The lowest BCUT2D eigenvalue weighted by Gasteiger charge is -2.12. The van der Waals surface area contributed by atoms with Crippen LogP contribution in [0.25, 0.3) is 21.8 Å². The van der Waals surface area contributed by atoms with Crippen LogP contribution in [0.1, 0.15) is 0 Å². The molecule has 1 N–H and O–H groups in total. The van der Waals surface area contributed by atoms with Crippen LogP contribution in [0.4, 0.5) is 4.79 Å². The first kappa shape index (κ1) is 13.6. The first-order chi connectivity index (χ1) is 10.2. The summed E-state index contributed by atoms with van der Waals surface area (Å²) in [5, 5.41) is 5.20. The van der Waals surface area contributed by atoms with Crippen molar-refractivity contribution < 1.29 is 4.79 Å². The predicted octanol–water partition coefficient (Wildman–Crippen LogP) is 2.91. The van der Waals surface area contributed by atoms with Gasteiger partial charge in [0, 0.05) is 23.9 Å². The summed E-state index contributed by atoms with van der Waals surface area (Å²) < 4.78 is 1.76. The van der Waals surface area contributed by atoms with E-state index < -0.39 is 0 Å². The zero-order chi connectivity index (χ0) is 14.8. The smallest absolute Gasteiger partial charge is 0.326 e. The van der Waals surface area contributed by atoms with Crippen LogP contribution in [0.3, 0.4) is 0 Å². The van der Waals surface area contributed by atoms with Crippen molar-refractivity contribution in [3.05, 3.63) is 48.5 Å². The number of likely N-dealkylation sites (N-methyl/N-ethyl adjacent to an activating group) is 1. The average Bonchev–Trinajstić information content (AvgIpc) is 2.81. The third kappa shape index (κ3) is 2.50. The predicted molar refractivity (Wildman–Crippen MR) is 86.8 cm³/mol. The van der Waals surface area contributed by atoms with Crippen molar-refractivity contribution in [2.75, 3.05) is 27.2 Å². The molecule has 0 fully saturated rings. The van der Waals surface area contributed by atoms with E-state index in [1.54, 1.807) is 4.57 Å². The number of carbonyl (C=O) groups is 1. The summed E-state index contributed by atoms with van der Waals surface area (Å²) in [6.07, 6.45) is 0. The van der Waals surface area contributed by atoms with Crippen molar-refractivity contribution in [3.8, 4) is 0 Å². The molecule has 1 amide bonds. The number of aromatic nitrogens is 1. The quantitative estimate of drug-likeness (QED) is 0.801. The zero-order valence-electron chi connectivity index (χ0n) is 12.3. The number of hydrogen-bond acceptors (Lipinski definition) is 2. The lowest BCUT2D eigenvalue weighted by molar-refractivity contribution is 0.242. The normalized spacial score (nSPS) is 11.4. The van der Waals surface area contributed by atoms with E-state index in [4.69, 9.17) is 0 Å². The Morgan fingerprint density at radius 1 is 1.00 bits per heavy atom. The van der Waals surface area contributed by atoms with E-state index >= 15 is 0 Å². The molecule has 0 aliphatic carbocycles. The highest BCUT2D eigenvalue weighted by Crippen LogP contribution is 2.28. The summed E-state index contributed by atoms with van der Waals surface area (Å²) in [5.41, 5.74) is 1.89. The molecule has 0 saturated heterocycles. The molecule has 0 bridgehead atoms. The lowest BCUT2D eigenvalue weighted by atomic mass is 10.2. The Labute approximate surface area is 124 Å². The summed E-state index contributed by atoms with van der Waals surface area (Å²) in [6, 6.07) is 15.9. The van der Waals surface area contributed by atoms with Crippen LogP contribution in [0, 0.1) is 0 Å². The standard InChI is InChI=1S/C17H19N3O/c1-19(2)12-11-18-17(21)20-15-9-5-3-7-13(15)14-8-4-6-10-16(14)20/h3-10H,11-12H2,1-2H3,(H,18,21). The highest BCUT2D eigenvalue weighted by Gasteiger charge is 2.14. The number of fused-ring (bicyclic) bond motifs is 3. The number of rotatable bonds is 3. The number of hydrogen-bond donors (Lipinski definition) is 1. The largest absolute Gasteiger partial charge is 0.336 e. The number of nitrogens with zero attached hydrogens (tertiary/aromatic N) is 2. The van der Waals surface area contributed by atoms with Gasteiger partial charge in [0.05, 0.1) is 11.0 Å². The van der Waals surface area contributed by atoms with Crippen molar-refractivity contribution in [2.45, 2.75) is 0 Å². The molecule has 0 radical (unpaired) electrons. The Balaban J connectivity index is 2.05. The molecular formula is C17H19N3O. The molecule has 0 spiro atoms. The summed E-state index contributed by atoms with van der Waals surface area (Å²) in [5.74, 6) is 0. The van der Waals surface area contributed by atoms with Gasteiger partial charge in [-0.2, -0.15) is 0 Å². The molecular weight excluding hydrogens is 262 g/mol. The fourth-order valence-corrected chi connectivity index (χ4v) is 2.61. The molecule has 3 aromatic rings. The first-order valence-electron chi connectivity index (χ1n) is 7.09. The number of nitrogens with one attached hydrogen (secondary N) is 1. The van der Waals surface area contributed by atoms with Crippen molar-refractivity contribution in [2.24, 2.45) is 0 Å². The molecule has 0 unspecified atom stereocenters. The van der Waals surface area contributed by atoms with Crippen molar-refractivity contribution in [1.82, 2.24) is 14.8 Å². The van der Waals surface area contributed by atoms with Gasteiger partial charge < -0.3 is 10.2 Å². The molecule has 3 rings (SSSR count). The molecule has 108 valence electrons. The van der Waals surface area contributed by atoms with Crippen LogP contribution >= 0.6 is 0 Å². The Hall–Kier alpha value is -2.33. The topological polar surface area (TPSA) is 37.3 Å². The summed E-state index contributed by atoms with van der Waals surface area (Å²) >= 11 is 0. The van der Waals surface area contributed by atoms with Gasteiger partial charge in [-0.15, -0.1) is 0 Å². The van der Waals surface area contributed by atoms with E-state index in [0.717, 1.165) is 28.4 Å². The maximum atomic E-state index is 12.5. The first-order valence-corrected chi connectivity index (χ1v) is 7.09. The molecule has 0 aliphatic heterocycles. The van der Waals surface area contributed by atoms with Gasteiger partial charge in [0.1, 0.15) is 0 Å². The molecule has 0 aliphatic rings. The molecule has 0 saturated carbocycles. The van der Waals surface area contributed by atoms with Crippen molar-refractivity contribution >= 4 is 27.8 Å². The van der Waals surface area contributed by atoms with Crippen LogP contribution in [-0.4, -0.2) is 42.7 Å². The van der Waals surface area contributed by atoms with E-state index in [1.807, 2.05) is 55.4 Å². The summed E-state index contributed by atoms with van der Waals surface area (Å²) in [7, 11) is 3.99. The maximum Gasteiger partial charge on any atom is 0.326 e. The Morgan fingerprint density at radius 2 is 1.52 bits per heavy atom.